The second-order valence-electron chi connectivity index (χ2n) is 6.33. The molecule has 0 unspecified atom stereocenters. The highest BCUT2D eigenvalue weighted by molar-refractivity contribution is 5.76. The Morgan fingerprint density at radius 3 is 2.20 bits per heavy atom. The summed E-state index contributed by atoms with van der Waals surface area (Å²) >= 11 is 0. The van der Waals surface area contributed by atoms with Gasteiger partial charge in [-0.3, -0.25) is 9.69 Å². The van der Waals surface area contributed by atoms with Gasteiger partial charge in [-0.2, -0.15) is 0 Å². The van der Waals surface area contributed by atoms with E-state index in [0.717, 1.165) is 32.7 Å². The molecule has 6 nitrogen and oxygen atoms in total. The van der Waals surface area contributed by atoms with Gasteiger partial charge in [-0.15, -0.1) is 0 Å². The average Bonchev–Trinajstić information content (AvgIpc) is 2.32. The van der Waals surface area contributed by atoms with Gasteiger partial charge in [-0.25, -0.2) is 4.79 Å². The quantitative estimate of drug-likeness (QED) is 0.828. The average molecular weight is 283 g/mol. The Morgan fingerprint density at radius 1 is 1.10 bits per heavy atom. The number of amides is 2. The van der Waals surface area contributed by atoms with Crippen LogP contribution < -0.4 is 0 Å². The fraction of sp³-hybridized carbons (Fsp3) is 0.857. The number of urea groups is 1. The number of rotatable bonds is 4. The fourth-order valence-corrected chi connectivity index (χ4v) is 2.94. The number of aliphatic carboxylic acids is 1. The smallest absolute Gasteiger partial charge is 0.320 e. The summed E-state index contributed by atoms with van der Waals surface area (Å²) in [6.45, 7) is 10.1. The van der Waals surface area contributed by atoms with E-state index < -0.39 is 5.97 Å². The summed E-state index contributed by atoms with van der Waals surface area (Å²) in [7, 11) is 0. The molecule has 2 amide bonds. The topological polar surface area (TPSA) is 64.1 Å². The standard InChI is InChI=1S/C14H25N3O3/c1-11(2)8-15-3-5-16(6-4-15)14(20)17-9-12(10-17)7-13(18)19/h11-12H,3-10H2,1-2H3,(H,18,19). The molecule has 2 aliphatic rings. The lowest BCUT2D eigenvalue weighted by atomic mass is 9.97. The van der Waals surface area contributed by atoms with E-state index in [1.807, 2.05) is 4.90 Å². The minimum Gasteiger partial charge on any atom is -0.481 e. The van der Waals surface area contributed by atoms with E-state index >= 15 is 0 Å². The van der Waals surface area contributed by atoms with Crippen molar-refractivity contribution >= 4 is 12.0 Å². The van der Waals surface area contributed by atoms with Crippen LogP contribution in [-0.2, 0) is 4.79 Å². The van der Waals surface area contributed by atoms with Crippen LogP contribution in [0.5, 0.6) is 0 Å². The lowest BCUT2D eigenvalue weighted by molar-refractivity contribution is -0.139. The molecule has 2 rings (SSSR count). The summed E-state index contributed by atoms with van der Waals surface area (Å²) in [6, 6.07) is 0.0795. The SMILES string of the molecule is CC(C)CN1CCN(C(=O)N2CC(CC(=O)O)C2)CC1. The number of nitrogens with zero attached hydrogens (tertiary/aromatic N) is 3. The molecule has 2 saturated heterocycles. The lowest BCUT2D eigenvalue weighted by Gasteiger charge is -2.43. The van der Waals surface area contributed by atoms with Crippen molar-refractivity contribution < 1.29 is 14.7 Å². The van der Waals surface area contributed by atoms with Crippen LogP contribution in [0.3, 0.4) is 0 Å². The second-order valence-corrected chi connectivity index (χ2v) is 6.33. The molecule has 2 fully saturated rings. The summed E-state index contributed by atoms with van der Waals surface area (Å²) in [4.78, 5) is 28.9. The van der Waals surface area contributed by atoms with Crippen LogP contribution in [0.4, 0.5) is 4.79 Å². The maximum Gasteiger partial charge on any atom is 0.320 e. The molecule has 2 aliphatic heterocycles. The van der Waals surface area contributed by atoms with Crippen molar-refractivity contribution in [2.75, 3.05) is 45.8 Å². The minimum atomic E-state index is -0.774. The van der Waals surface area contributed by atoms with E-state index in [-0.39, 0.29) is 18.4 Å². The van der Waals surface area contributed by atoms with Gasteiger partial charge >= 0.3 is 12.0 Å². The zero-order chi connectivity index (χ0) is 14.7. The molecule has 0 aromatic heterocycles. The Labute approximate surface area is 120 Å². The van der Waals surface area contributed by atoms with E-state index in [1.165, 1.54) is 0 Å². The Bertz CT molecular complexity index is 359. The molecule has 2 heterocycles. The molecule has 1 N–H and O–H groups in total. The Hall–Kier alpha value is -1.30. The van der Waals surface area contributed by atoms with Crippen molar-refractivity contribution in [2.24, 2.45) is 11.8 Å². The molecule has 114 valence electrons. The molecule has 0 aromatic rings. The Balaban J connectivity index is 1.69. The van der Waals surface area contributed by atoms with Gasteiger partial charge in [0.05, 0.1) is 6.42 Å². The molecular weight excluding hydrogens is 258 g/mol. The highest BCUT2D eigenvalue weighted by atomic mass is 16.4. The molecule has 6 heteroatoms. The van der Waals surface area contributed by atoms with Gasteiger partial charge in [0.15, 0.2) is 0 Å². The highest BCUT2D eigenvalue weighted by Gasteiger charge is 2.35. The number of carboxylic acids is 1. The number of hydrogen-bond acceptors (Lipinski definition) is 3. The van der Waals surface area contributed by atoms with E-state index in [1.54, 1.807) is 4.90 Å². The number of carbonyl (C=O) groups is 2. The summed E-state index contributed by atoms with van der Waals surface area (Å²) in [6.07, 6.45) is 0.173. The van der Waals surface area contributed by atoms with Crippen LogP contribution in [0.15, 0.2) is 0 Å². The van der Waals surface area contributed by atoms with Gasteiger partial charge in [-0.1, -0.05) is 13.8 Å². The third-order valence-corrected chi connectivity index (χ3v) is 3.96. The van der Waals surface area contributed by atoms with Gasteiger partial charge in [0.1, 0.15) is 0 Å². The molecule has 0 aliphatic carbocycles. The zero-order valence-electron chi connectivity index (χ0n) is 12.4. The van der Waals surface area contributed by atoms with Gasteiger partial charge < -0.3 is 14.9 Å². The van der Waals surface area contributed by atoms with Gasteiger partial charge in [0, 0.05) is 51.7 Å². The predicted molar refractivity (Wildman–Crippen MR) is 75.6 cm³/mol. The van der Waals surface area contributed by atoms with E-state index in [9.17, 15) is 9.59 Å². The van der Waals surface area contributed by atoms with Gasteiger partial charge in [-0.05, 0) is 5.92 Å². The van der Waals surface area contributed by atoms with Gasteiger partial charge in [0.25, 0.3) is 0 Å². The van der Waals surface area contributed by atoms with Crippen LogP contribution >= 0.6 is 0 Å². The van der Waals surface area contributed by atoms with E-state index in [0.29, 0.717) is 19.0 Å². The first-order chi connectivity index (χ1) is 9.45. The van der Waals surface area contributed by atoms with E-state index in [2.05, 4.69) is 18.7 Å². The predicted octanol–water partition coefficient (Wildman–Crippen LogP) is 0.786. The third kappa shape index (κ3) is 3.85. The zero-order valence-corrected chi connectivity index (χ0v) is 12.4. The molecule has 0 atom stereocenters. The number of carboxylic acid groups (broad SMARTS) is 1. The van der Waals surface area contributed by atoms with Crippen LogP contribution in [0.25, 0.3) is 0 Å². The maximum atomic E-state index is 12.2. The molecule has 20 heavy (non-hydrogen) atoms. The van der Waals surface area contributed by atoms with Crippen molar-refractivity contribution in [3.8, 4) is 0 Å². The fourth-order valence-electron chi connectivity index (χ4n) is 2.94. The second kappa shape index (κ2) is 6.43. The van der Waals surface area contributed by atoms with Crippen LogP contribution in [-0.4, -0.2) is 77.6 Å². The van der Waals surface area contributed by atoms with E-state index in [4.69, 9.17) is 5.11 Å². The highest BCUT2D eigenvalue weighted by Crippen LogP contribution is 2.21. The maximum absolute atomic E-state index is 12.2. The molecule has 0 spiro atoms. The first-order valence-electron chi connectivity index (χ1n) is 7.43. The van der Waals surface area contributed by atoms with Crippen LogP contribution in [0, 0.1) is 11.8 Å². The Morgan fingerprint density at radius 2 is 1.70 bits per heavy atom. The molecule has 0 bridgehead atoms. The number of hydrogen-bond donors (Lipinski definition) is 1. The van der Waals surface area contributed by atoms with Crippen molar-refractivity contribution in [3.63, 3.8) is 0 Å². The molecular formula is C14H25N3O3. The summed E-state index contributed by atoms with van der Waals surface area (Å²) in [5.41, 5.74) is 0. The summed E-state index contributed by atoms with van der Waals surface area (Å²) in [5, 5.41) is 8.70. The largest absolute Gasteiger partial charge is 0.481 e. The normalized spacial score (nSPS) is 21.1. The number of carbonyl (C=O) groups excluding carboxylic acids is 1. The van der Waals surface area contributed by atoms with Crippen molar-refractivity contribution in [3.05, 3.63) is 0 Å². The minimum absolute atomic E-state index is 0.0795. The van der Waals surface area contributed by atoms with Gasteiger partial charge in [0.2, 0.25) is 0 Å². The Kier molecular flexibility index (Phi) is 4.86. The molecule has 0 aromatic carbocycles. The third-order valence-electron chi connectivity index (χ3n) is 3.96. The first kappa shape index (κ1) is 15.1. The lowest BCUT2D eigenvalue weighted by Crippen LogP contribution is -2.59. The number of likely N-dealkylation sites (tertiary alicyclic amines) is 1. The first-order valence-corrected chi connectivity index (χ1v) is 7.43. The van der Waals surface area contributed by atoms with Crippen LogP contribution in [0.2, 0.25) is 0 Å². The summed E-state index contributed by atoms with van der Waals surface area (Å²) < 4.78 is 0. The number of piperazine rings is 1. The molecule has 0 radical (unpaired) electrons. The van der Waals surface area contributed by atoms with Crippen molar-refractivity contribution in [1.82, 2.24) is 14.7 Å². The molecule has 0 saturated carbocycles. The van der Waals surface area contributed by atoms with Crippen molar-refractivity contribution in [2.45, 2.75) is 20.3 Å². The van der Waals surface area contributed by atoms with Crippen molar-refractivity contribution in [1.29, 1.82) is 0 Å². The van der Waals surface area contributed by atoms with Crippen LogP contribution in [0.1, 0.15) is 20.3 Å². The monoisotopic (exact) mass is 283 g/mol. The summed E-state index contributed by atoms with van der Waals surface area (Å²) in [5.74, 6) is 0.0208.